The molecule has 1 rings (SSSR count). The highest BCUT2D eigenvalue weighted by molar-refractivity contribution is 7.89. The molecule has 2 N–H and O–H groups in total. The van der Waals surface area contributed by atoms with Gasteiger partial charge in [-0.25, -0.2) is 13.1 Å². The largest absolute Gasteiger partial charge is 0.481 e. The molecule has 6 heteroatoms. The molecule has 5 nitrogen and oxygen atoms in total. The fourth-order valence-electron chi connectivity index (χ4n) is 1.95. The molecule has 1 aromatic rings. The first-order chi connectivity index (χ1) is 9.43. The fraction of sp³-hybridized carbons (Fsp3) is 0.533. The van der Waals surface area contributed by atoms with E-state index in [0.29, 0.717) is 5.56 Å². The van der Waals surface area contributed by atoms with Gasteiger partial charge in [0, 0.05) is 6.04 Å². The van der Waals surface area contributed by atoms with Crippen molar-refractivity contribution in [2.45, 2.75) is 52.0 Å². The van der Waals surface area contributed by atoms with Crippen LogP contribution in [0, 0.1) is 19.3 Å². The number of hydrogen-bond acceptors (Lipinski definition) is 3. The molecular formula is C15H23NO4S. The number of hydrogen-bond donors (Lipinski definition) is 2. The Morgan fingerprint density at radius 3 is 2.33 bits per heavy atom. The van der Waals surface area contributed by atoms with E-state index >= 15 is 0 Å². The first-order valence-corrected chi connectivity index (χ1v) is 8.23. The summed E-state index contributed by atoms with van der Waals surface area (Å²) in [6.45, 7) is 8.97. The monoisotopic (exact) mass is 313 g/mol. The third-order valence-electron chi connectivity index (χ3n) is 3.35. The average Bonchev–Trinajstić information content (AvgIpc) is 2.29. The summed E-state index contributed by atoms with van der Waals surface area (Å²) in [7, 11) is -3.75. The number of rotatable bonds is 5. The van der Waals surface area contributed by atoms with Crippen LogP contribution in [0.5, 0.6) is 0 Å². The van der Waals surface area contributed by atoms with Crippen LogP contribution in [-0.4, -0.2) is 25.5 Å². The SMILES string of the molecule is Cc1ccc(C)c(S(=O)(=O)NC(CC(=O)O)C(C)(C)C)c1. The van der Waals surface area contributed by atoms with E-state index in [0.717, 1.165) is 5.56 Å². The van der Waals surface area contributed by atoms with Crippen molar-refractivity contribution in [1.29, 1.82) is 0 Å². The summed E-state index contributed by atoms with van der Waals surface area (Å²) >= 11 is 0. The van der Waals surface area contributed by atoms with Crippen molar-refractivity contribution in [3.05, 3.63) is 29.3 Å². The standard InChI is InChI=1S/C15H23NO4S/c1-10-6-7-11(2)12(8-10)21(19,20)16-13(9-14(17)18)15(3,4)5/h6-8,13,16H,9H2,1-5H3,(H,17,18). The number of sulfonamides is 1. The van der Waals surface area contributed by atoms with Crippen LogP contribution in [0.25, 0.3) is 0 Å². The molecule has 0 aliphatic carbocycles. The van der Waals surface area contributed by atoms with Crippen molar-refractivity contribution < 1.29 is 18.3 Å². The zero-order chi connectivity index (χ0) is 16.4. The van der Waals surface area contributed by atoms with Crippen molar-refractivity contribution in [2.75, 3.05) is 0 Å². The van der Waals surface area contributed by atoms with E-state index in [1.54, 1.807) is 19.1 Å². The van der Waals surface area contributed by atoms with Gasteiger partial charge < -0.3 is 5.11 Å². The summed E-state index contributed by atoms with van der Waals surface area (Å²) in [5.41, 5.74) is 0.978. The highest BCUT2D eigenvalue weighted by atomic mass is 32.2. The van der Waals surface area contributed by atoms with E-state index in [-0.39, 0.29) is 11.3 Å². The Hall–Kier alpha value is -1.40. The Kier molecular flexibility index (Phi) is 5.17. The van der Waals surface area contributed by atoms with Gasteiger partial charge in [0.15, 0.2) is 0 Å². The van der Waals surface area contributed by atoms with E-state index in [2.05, 4.69) is 4.72 Å². The molecule has 0 aliphatic rings. The van der Waals surface area contributed by atoms with Crippen LogP contribution in [0.15, 0.2) is 23.1 Å². The normalized spacial score (nSPS) is 14.0. The lowest BCUT2D eigenvalue weighted by Gasteiger charge is -2.30. The number of aryl methyl sites for hydroxylation is 2. The van der Waals surface area contributed by atoms with Crippen LogP contribution in [0.1, 0.15) is 38.3 Å². The molecule has 0 fully saturated rings. The zero-order valence-corrected chi connectivity index (χ0v) is 13.9. The molecule has 0 saturated carbocycles. The van der Waals surface area contributed by atoms with Crippen LogP contribution >= 0.6 is 0 Å². The number of nitrogens with one attached hydrogen (secondary N) is 1. The van der Waals surface area contributed by atoms with E-state index in [1.807, 2.05) is 33.8 Å². The van der Waals surface area contributed by atoms with Gasteiger partial charge in [-0.2, -0.15) is 0 Å². The van der Waals surface area contributed by atoms with E-state index < -0.39 is 27.4 Å². The molecule has 0 aromatic heterocycles. The highest BCUT2D eigenvalue weighted by Gasteiger charge is 2.32. The molecule has 0 radical (unpaired) electrons. The van der Waals surface area contributed by atoms with Gasteiger partial charge in [0.2, 0.25) is 10.0 Å². The molecule has 1 atom stereocenters. The van der Waals surface area contributed by atoms with Gasteiger partial charge in [0.05, 0.1) is 11.3 Å². The van der Waals surface area contributed by atoms with Crippen LogP contribution in [0.2, 0.25) is 0 Å². The number of carbonyl (C=O) groups is 1. The van der Waals surface area contributed by atoms with Gasteiger partial charge in [-0.15, -0.1) is 0 Å². The van der Waals surface area contributed by atoms with E-state index in [9.17, 15) is 13.2 Å². The second-order valence-corrected chi connectivity index (χ2v) is 8.09. The Labute approximate surface area is 126 Å². The molecule has 0 bridgehead atoms. The van der Waals surface area contributed by atoms with E-state index in [1.165, 1.54) is 0 Å². The number of aliphatic carboxylic acids is 1. The van der Waals surface area contributed by atoms with Gasteiger partial charge in [0.1, 0.15) is 0 Å². The molecule has 0 aliphatic heterocycles. The Morgan fingerprint density at radius 2 is 1.86 bits per heavy atom. The third-order valence-corrected chi connectivity index (χ3v) is 4.97. The predicted molar refractivity (Wildman–Crippen MR) is 81.7 cm³/mol. The molecule has 118 valence electrons. The topological polar surface area (TPSA) is 83.5 Å². The Morgan fingerprint density at radius 1 is 1.29 bits per heavy atom. The molecule has 0 heterocycles. The lowest BCUT2D eigenvalue weighted by Crippen LogP contribution is -2.45. The minimum absolute atomic E-state index is 0.196. The molecule has 1 unspecified atom stereocenters. The van der Waals surface area contributed by atoms with Crippen molar-refractivity contribution in [2.24, 2.45) is 5.41 Å². The number of carboxylic acid groups (broad SMARTS) is 1. The molecule has 1 aromatic carbocycles. The Bertz CT molecular complexity index is 630. The lowest BCUT2D eigenvalue weighted by molar-refractivity contribution is -0.138. The summed E-state index contributed by atoms with van der Waals surface area (Å²) in [6.07, 6.45) is -0.256. The first kappa shape index (κ1) is 17.7. The van der Waals surface area contributed by atoms with Crippen LogP contribution in [0.3, 0.4) is 0 Å². The summed E-state index contributed by atoms with van der Waals surface area (Å²) < 4.78 is 27.6. The maximum atomic E-state index is 12.5. The summed E-state index contributed by atoms with van der Waals surface area (Å²) in [6, 6.07) is 4.50. The Balaban J connectivity index is 3.17. The van der Waals surface area contributed by atoms with Crippen molar-refractivity contribution in [3.8, 4) is 0 Å². The molecular weight excluding hydrogens is 290 g/mol. The summed E-state index contributed by atoms with van der Waals surface area (Å²) in [4.78, 5) is 11.2. The zero-order valence-electron chi connectivity index (χ0n) is 13.1. The van der Waals surface area contributed by atoms with Crippen LogP contribution in [-0.2, 0) is 14.8 Å². The quantitative estimate of drug-likeness (QED) is 0.874. The minimum atomic E-state index is -3.75. The van der Waals surface area contributed by atoms with Gasteiger partial charge >= 0.3 is 5.97 Å². The summed E-state index contributed by atoms with van der Waals surface area (Å²) in [5.74, 6) is -1.03. The molecule has 21 heavy (non-hydrogen) atoms. The molecule has 0 spiro atoms. The first-order valence-electron chi connectivity index (χ1n) is 6.75. The minimum Gasteiger partial charge on any atom is -0.481 e. The highest BCUT2D eigenvalue weighted by Crippen LogP contribution is 2.25. The second kappa shape index (κ2) is 6.15. The van der Waals surface area contributed by atoms with Crippen LogP contribution < -0.4 is 4.72 Å². The summed E-state index contributed by atoms with van der Waals surface area (Å²) in [5, 5.41) is 8.98. The number of benzene rings is 1. The predicted octanol–water partition coefficient (Wildman–Crippen LogP) is 2.47. The van der Waals surface area contributed by atoms with Crippen molar-refractivity contribution in [3.63, 3.8) is 0 Å². The lowest BCUT2D eigenvalue weighted by atomic mass is 9.85. The van der Waals surface area contributed by atoms with Crippen LogP contribution in [0.4, 0.5) is 0 Å². The van der Waals surface area contributed by atoms with Crippen molar-refractivity contribution in [1.82, 2.24) is 4.72 Å². The second-order valence-electron chi connectivity index (χ2n) is 6.41. The molecule has 0 amide bonds. The average molecular weight is 313 g/mol. The molecule has 0 saturated heterocycles. The van der Waals surface area contributed by atoms with Gasteiger partial charge in [-0.1, -0.05) is 32.9 Å². The van der Waals surface area contributed by atoms with Crippen molar-refractivity contribution >= 4 is 16.0 Å². The van der Waals surface area contributed by atoms with Gasteiger partial charge in [-0.05, 0) is 36.5 Å². The maximum Gasteiger partial charge on any atom is 0.304 e. The van der Waals surface area contributed by atoms with Gasteiger partial charge in [-0.3, -0.25) is 4.79 Å². The smallest absolute Gasteiger partial charge is 0.304 e. The maximum absolute atomic E-state index is 12.5. The van der Waals surface area contributed by atoms with Gasteiger partial charge in [0.25, 0.3) is 0 Å². The third kappa shape index (κ3) is 4.82. The number of carboxylic acids is 1. The fourth-order valence-corrected chi connectivity index (χ4v) is 3.72. The van der Waals surface area contributed by atoms with E-state index in [4.69, 9.17) is 5.11 Å².